The smallest absolute Gasteiger partial charge is 0.253 e. The summed E-state index contributed by atoms with van der Waals surface area (Å²) in [5.74, 6) is -0.994. The SMILES string of the molecule is CCOC(C)OC(C)(OC(C)OC(C)OC(C)OC(C)OC(C)O)N1c2ccc(N)cc2CC(C)C1(C)C. The molecule has 10 heteroatoms. The van der Waals surface area contributed by atoms with Crippen LogP contribution >= 0.6 is 0 Å². The van der Waals surface area contributed by atoms with Crippen LogP contribution in [0.15, 0.2) is 18.2 Å². The first-order valence-electron chi connectivity index (χ1n) is 13.5. The Labute approximate surface area is 228 Å². The Bertz CT molecular complexity index is 869. The zero-order chi connectivity index (χ0) is 28.8. The molecule has 0 aliphatic carbocycles. The number of ether oxygens (including phenoxy) is 7. The third-order valence-corrected chi connectivity index (χ3v) is 6.77. The van der Waals surface area contributed by atoms with Crippen LogP contribution in [0.2, 0.25) is 0 Å². The van der Waals surface area contributed by atoms with Crippen molar-refractivity contribution in [1.29, 1.82) is 0 Å². The molecule has 0 radical (unpaired) electrons. The molecule has 10 nitrogen and oxygen atoms in total. The number of nitrogens with zero attached hydrogens (tertiary/aromatic N) is 1. The van der Waals surface area contributed by atoms with Crippen LogP contribution in [0.25, 0.3) is 0 Å². The van der Waals surface area contributed by atoms with E-state index in [0.717, 1.165) is 17.7 Å². The molecule has 1 heterocycles. The van der Waals surface area contributed by atoms with Gasteiger partial charge in [-0.15, -0.1) is 0 Å². The van der Waals surface area contributed by atoms with Crippen molar-refractivity contribution in [3.63, 3.8) is 0 Å². The highest BCUT2D eigenvalue weighted by atomic mass is 16.9. The second kappa shape index (κ2) is 13.7. The van der Waals surface area contributed by atoms with E-state index in [1.54, 1.807) is 27.7 Å². The summed E-state index contributed by atoms with van der Waals surface area (Å²) in [4.78, 5) is 2.16. The van der Waals surface area contributed by atoms with Crippen molar-refractivity contribution >= 4 is 11.4 Å². The van der Waals surface area contributed by atoms with Gasteiger partial charge >= 0.3 is 0 Å². The van der Waals surface area contributed by atoms with Gasteiger partial charge in [0.1, 0.15) is 0 Å². The zero-order valence-electron chi connectivity index (χ0n) is 25.0. The Morgan fingerprint density at radius 2 is 1.47 bits per heavy atom. The first kappa shape index (κ1) is 32.7. The van der Waals surface area contributed by atoms with Crippen LogP contribution in [-0.4, -0.2) is 60.9 Å². The van der Waals surface area contributed by atoms with E-state index in [-0.39, 0.29) is 11.5 Å². The summed E-state index contributed by atoms with van der Waals surface area (Å²) in [6, 6.07) is 5.92. The predicted octanol–water partition coefficient (Wildman–Crippen LogP) is 4.92. The van der Waals surface area contributed by atoms with E-state index in [9.17, 15) is 5.11 Å². The summed E-state index contributed by atoms with van der Waals surface area (Å²) in [6.07, 6.45) is -3.31. The second-order valence-corrected chi connectivity index (χ2v) is 10.6. The lowest BCUT2D eigenvalue weighted by molar-refractivity contribution is -0.370. The molecule has 1 aromatic rings. The van der Waals surface area contributed by atoms with Crippen molar-refractivity contribution in [3.8, 4) is 0 Å². The van der Waals surface area contributed by atoms with Crippen LogP contribution in [0, 0.1) is 5.92 Å². The molecule has 0 saturated carbocycles. The number of hydrogen-bond acceptors (Lipinski definition) is 10. The van der Waals surface area contributed by atoms with Crippen LogP contribution in [0.4, 0.5) is 11.4 Å². The average molecular weight is 543 g/mol. The maximum Gasteiger partial charge on any atom is 0.253 e. The largest absolute Gasteiger partial charge is 0.399 e. The zero-order valence-corrected chi connectivity index (χ0v) is 25.0. The van der Waals surface area contributed by atoms with Crippen molar-refractivity contribution in [2.75, 3.05) is 17.2 Å². The average Bonchev–Trinajstić information content (AvgIpc) is 2.73. The number of aliphatic hydroxyl groups is 1. The number of nitrogen functional groups attached to an aromatic ring is 1. The second-order valence-electron chi connectivity index (χ2n) is 10.6. The molecule has 0 amide bonds. The maximum atomic E-state index is 9.36. The van der Waals surface area contributed by atoms with Crippen molar-refractivity contribution in [2.45, 2.75) is 132 Å². The minimum atomic E-state index is -1.27. The first-order valence-corrected chi connectivity index (χ1v) is 13.5. The summed E-state index contributed by atoms with van der Waals surface area (Å²) in [7, 11) is 0. The number of nitrogens with two attached hydrogens (primary N) is 1. The molecule has 3 N–H and O–H groups in total. The topological polar surface area (TPSA) is 114 Å². The van der Waals surface area contributed by atoms with E-state index < -0.39 is 43.7 Å². The number of hydrogen-bond donors (Lipinski definition) is 2. The molecule has 38 heavy (non-hydrogen) atoms. The maximum absolute atomic E-state index is 9.36. The van der Waals surface area contributed by atoms with E-state index in [4.69, 9.17) is 38.9 Å². The fourth-order valence-electron chi connectivity index (χ4n) is 5.07. The van der Waals surface area contributed by atoms with E-state index in [0.29, 0.717) is 12.3 Å². The van der Waals surface area contributed by atoms with Crippen LogP contribution in [0.1, 0.15) is 81.7 Å². The third kappa shape index (κ3) is 8.76. The van der Waals surface area contributed by atoms with Crippen LogP contribution in [0.3, 0.4) is 0 Å². The van der Waals surface area contributed by atoms with Gasteiger partial charge in [-0.05, 0) is 98.4 Å². The van der Waals surface area contributed by atoms with Gasteiger partial charge in [0.15, 0.2) is 37.7 Å². The van der Waals surface area contributed by atoms with Gasteiger partial charge < -0.3 is 48.9 Å². The Kier molecular flexibility index (Phi) is 11.8. The molecular formula is C28H50N2O8. The molecule has 220 valence electrons. The number of rotatable bonds is 15. The Hall–Kier alpha value is -1.50. The summed E-state index contributed by atoms with van der Waals surface area (Å²) in [6.45, 7) is 21.2. The Morgan fingerprint density at radius 3 is 2.03 bits per heavy atom. The number of benzene rings is 1. The molecule has 0 fully saturated rings. The highest BCUT2D eigenvalue weighted by Gasteiger charge is 2.50. The number of anilines is 2. The third-order valence-electron chi connectivity index (χ3n) is 6.77. The van der Waals surface area contributed by atoms with E-state index in [1.165, 1.54) is 6.92 Å². The number of aliphatic hydroxyl groups excluding tert-OH is 1. The summed E-state index contributed by atoms with van der Waals surface area (Å²) in [5.41, 5.74) is 8.62. The van der Waals surface area contributed by atoms with E-state index in [1.807, 2.05) is 39.0 Å². The van der Waals surface area contributed by atoms with Gasteiger partial charge in [0.25, 0.3) is 5.91 Å². The van der Waals surface area contributed by atoms with Crippen LogP contribution in [0.5, 0.6) is 0 Å². The molecule has 0 saturated heterocycles. The van der Waals surface area contributed by atoms with Gasteiger partial charge in [0.05, 0.1) is 0 Å². The normalized spacial score (nSPS) is 23.6. The molecule has 1 aromatic carbocycles. The summed E-state index contributed by atoms with van der Waals surface area (Å²) >= 11 is 0. The molecule has 0 spiro atoms. The first-order chi connectivity index (χ1) is 17.6. The summed E-state index contributed by atoms with van der Waals surface area (Å²) in [5, 5.41) is 9.36. The van der Waals surface area contributed by atoms with Gasteiger partial charge in [-0.3, -0.25) is 0 Å². The molecule has 2 rings (SSSR count). The standard InChI is InChI=1S/C28H50N2O8/c1-12-32-19(4)37-28(11,30-26-14-13-25(29)16-24(26)15-17(2)27(30,9)10)38-23(8)36-22(7)35-21(6)34-20(5)33-18(3)31/h13-14,16-23,31H,12,15,29H2,1-11H3. The van der Waals surface area contributed by atoms with Crippen LogP contribution < -0.4 is 10.6 Å². The monoisotopic (exact) mass is 542 g/mol. The fourth-order valence-corrected chi connectivity index (χ4v) is 5.07. The quantitative estimate of drug-likeness (QED) is 0.234. The van der Waals surface area contributed by atoms with Crippen molar-refractivity contribution < 1.29 is 38.3 Å². The molecule has 8 unspecified atom stereocenters. The van der Waals surface area contributed by atoms with Gasteiger partial charge in [-0.2, -0.15) is 0 Å². The summed E-state index contributed by atoms with van der Waals surface area (Å²) < 4.78 is 41.4. The lowest BCUT2D eigenvalue weighted by atomic mass is 9.77. The molecule has 0 bridgehead atoms. The lowest BCUT2D eigenvalue weighted by Gasteiger charge is -2.56. The molecule has 1 aliphatic heterocycles. The van der Waals surface area contributed by atoms with Crippen molar-refractivity contribution in [1.82, 2.24) is 0 Å². The van der Waals surface area contributed by atoms with Gasteiger partial charge in [-0.1, -0.05) is 6.92 Å². The predicted molar refractivity (Wildman–Crippen MR) is 146 cm³/mol. The highest BCUT2D eigenvalue weighted by Crippen LogP contribution is 2.46. The Balaban J connectivity index is 2.26. The van der Waals surface area contributed by atoms with Gasteiger partial charge in [0, 0.05) is 30.4 Å². The molecule has 0 aromatic heterocycles. The van der Waals surface area contributed by atoms with Crippen molar-refractivity contribution in [3.05, 3.63) is 23.8 Å². The Morgan fingerprint density at radius 1 is 0.947 bits per heavy atom. The molecular weight excluding hydrogens is 492 g/mol. The minimum Gasteiger partial charge on any atom is -0.399 e. The number of fused-ring (bicyclic) bond motifs is 1. The van der Waals surface area contributed by atoms with Gasteiger partial charge in [-0.25, -0.2) is 0 Å². The lowest BCUT2D eigenvalue weighted by Crippen LogP contribution is -2.66. The van der Waals surface area contributed by atoms with E-state index >= 15 is 0 Å². The molecule has 8 atom stereocenters. The van der Waals surface area contributed by atoms with E-state index in [2.05, 4.69) is 25.7 Å². The van der Waals surface area contributed by atoms with Crippen molar-refractivity contribution in [2.24, 2.45) is 5.92 Å². The fraction of sp³-hybridized carbons (Fsp3) is 0.786. The molecule has 1 aliphatic rings. The van der Waals surface area contributed by atoms with Crippen LogP contribution in [-0.2, 0) is 39.6 Å². The van der Waals surface area contributed by atoms with Gasteiger partial charge in [0.2, 0.25) is 0 Å². The highest BCUT2D eigenvalue weighted by molar-refractivity contribution is 5.64. The minimum absolute atomic E-state index is 0.271.